The fourth-order valence-corrected chi connectivity index (χ4v) is 9.84. The van der Waals surface area contributed by atoms with Crippen LogP contribution in [0.4, 0.5) is 13.2 Å². The molecule has 0 saturated carbocycles. The van der Waals surface area contributed by atoms with Crippen molar-refractivity contribution in [2.75, 3.05) is 13.2 Å². The van der Waals surface area contributed by atoms with Gasteiger partial charge in [0.2, 0.25) is 0 Å². The zero-order valence-corrected chi connectivity index (χ0v) is 22.8. The summed E-state index contributed by atoms with van der Waals surface area (Å²) in [6.07, 6.45) is 2.42. The summed E-state index contributed by atoms with van der Waals surface area (Å²) >= 11 is 0. The lowest BCUT2D eigenvalue weighted by Crippen LogP contribution is -2.67. The number of benzene rings is 2. The summed E-state index contributed by atoms with van der Waals surface area (Å²) in [5, 5.41) is 2.00. The van der Waals surface area contributed by atoms with Gasteiger partial charge in [0.05, 0.1) is 25.4 Å². The summed E-state index contributed by atoms with van der Waals surface area (Å²) in [7, 11) is -8.48. The second-order valence-electron chi connectivity index (χ2n) is 10.2. The van der Waals surface area contributed by atoms with Crippen molar-refractivity contribution in [1.82, 2.24) is 0 Å². The molecule has 36 heavy (non-hydrogen) atoms. The van der Waals surface area contributed by atoms with Crippen LogP contribution in [0.2, 0.25) is 5.04 Å². The third-order valence-electron chi connectivity index (χ3n) is 6.53. The van der Waals surface area contributed by atoms with Crippen molar-refractivity contribution < 1.29 is 34.9 Å². The van der Waals surface area contributed by atoms with Gasteiger partial charge >= 0.3 is 15.6 Å². The first-order valence-electron chi connectivity index (χ1n) is 12.2. The van der Waals surface area contributed by atoms with E-state index in [1.807, 2.05) is 36.4 Å². The van der Waals surface area contributed by atoms with Crippen molar-refractivity contribution in [2.45, 2.75) is 75.6 Å². The molecule has 2 aromatic carbocycles. The Hall–Kier alpha value is -1.72. The molecular formula is C26H35F3O5SSi. The van der Waals surface area contributed by atoms with Gasteiger partial charge in [-0.05, 0) is 28.3 Å². The van der Waals surface area contributed by atoms with Crippen LogP contribution in [-0.2, 0) is 23.5 Å². The van der Waals surface area contributed by atoms with Gasteiger partial charge in [-0.25, -0.2) is 0 Å². The summed E-state index contributed by atoms with van der Waals surface area (Å²) in [6, 6.07) is 20.3. The quantitative estimate of drug-likeness (QED) is 0.261. The SMILES string of the molecule is CC(C)(C)[Si](OC[C@@H]1CCCCC[C@H](COS(=O)(=O)C(F)(F)F)O1)(c1ccccc1)c1ccccc1. The largest absolute Gasteiger partial charge is 0.523 e. The highest BCUT2D eigenvalue weighted by Crippen LogP contribution is 2.37. The van der Waals surface area contributed by atoms with Crippen LogP contribution in [0, 0.1) is 0 Å². The van der Waals surface area contributed by atoms with Gasteiger partial charge in [0, 0.05) is 0 Å². The lowest BCUT2D eigenvalue weighted by molar-refractivity contribution is -0.0777. The van der Waals surface area contributed by atoms with Crippen LogP contribution in [0.25, 0.3) is 0 Å². The van der Waals surface area contributed by atoms with E-state index in [1.165, 1.54) is 0 Å². The molecule has 1 fully saturated rings. The summed E-state index contributed by atoms with van der Waals surface area (Å²) in [4.78, 5) is 0. The maximum atomic E-state index is 12.7. The molecule has 0 amide bonds. The van der Waals surface area contributed by atoms with Crippen molar-refractivity contribution in [1.29, 1.82) is 0 Å². The van der Waals surface area contributed by atoms with Gasteiger partial charge in [0.15, 0.2) is 0 Å². The minimum Gasteiger partial charge on any atom is -0.405 e. The highest BCUT2D eigenvalue weighted by molar-refractivity contribution is 7.87. The smallest absolute Gasteiger partial charge is 0.405 e. The summed E-state index contributed by atoms with van der Waals surface area (Å²) < 4.78 is 78.3. The molecule has 2 atom stereocenters. The lowest BCUT2D eigenvalue weighted by atomic mass is 10.0. The molecule has 3 rings (SSSR count). The molecular weight excluding hydrogens is 509 g/mol. The molecule has 5 nitrogen and oxygen atoms in total. The van der Waals surface area contributed by atoms with Gasteiger partial charge < -0.3 is 9.16 Å². The molecule has 0 aliphatic carbocycles. The van der Waals surface area contributed by atoms with Crippen LogP contribution < -0.4 is 10.4 Å². The standard InChI is InChI=1S/C26H35F3O5SSi/c1-25(2,3)36(23-15-9-5-10-16-23,24-17-11-6-12-18-24)33-20-22-14-8-4-7-13-21(34-22)19-32-35(30,31)26(27,28)29/h5-6,9-12,15-18,21-22H,4,7-8,13-14,19-20H2,1-3H3/t21-,22+/m1/s1. The van der Waals surface area contributed by atoms with Gasteiger partial charge in [0.25, 0.3) is 8.32 Å². The van der Waals surface area contributed by atoms with E-state index in [-0.39, 0.29) is 11.6 Å². The van der Waals surface area contributed by atoms with Crippen molar-refractivity contribution in [3.05, 3.63) is 60.7 Å². The number of halogens is 3. The molecule has 1 heterocycles. The Bertz CT molecular complexity index is 1020. The molecule has 0 unspecified atom stereocenters. The van der Waals surface area contributed by atoms with Crippen LogP contribution in [-0.4, -0.2) is 47.7 Å². The summed E-state index contributed by atoms with van der Waals surface area (Å²) in [5.74, 6) is 0. The molecule has 10 heteroatoms. The monoisotopic (exact) mass is 544 g/mol. The molecule has 200 valence electrons. The van der Waals surface area contributed by atoms with E-state index in [1.54, 1.807) is 0 Å². The molecule has 0 spiro atoms. The second kappa shape index (κ2) is 11.8. The topological polar surface area (TPSA) is 61.8 Å². The average Bonchev–Trinajstić information content (AvgIpc) is 2.79. The first-order valence-corrected chi connectivity index (χ1v) is 15.5. The van der Waals surface area contributed by atoms with E-state index >= 15 is 0 Å². The van der Waals surface area contributed by atoms with E-state index in [0.717, 1.165) is 29.6 Å². The fourth-order valence-electron chi connectivity index (χ4n) is 4.79. The van der Waals surface area contributed by atoms with Crippen molar-refractivity contribution in [2.24, 2.45) is 0 Å². The Labute approximate surface area is 213 Å². The third-order valence-corrected chi connectivity index (χ3v) is 12.6. The van der Waals surface area contributed by atoms with Gasteiger partial charge in [-0.15, -0.1) is 0 Å². The molecule has 0 aromatic heterocycles. The molecule has 2 aromatic rings. The highest BCUT2D eigenvalue weighted by atomic mass is 32.2. The normalized spacial score (nSPS) is 20.5. The van der Waals surface area contributed by atoms with Crippen molar-refractivity contribution in [3.63, 3.8) is 0 Å². The molecule has 1 saturated heterocycles. The molecule has 1 aliphatic heterocycles. The molecule has 1 aliphatic rings. The minimum absolute atomic E-state index is 0.235. The van der Waals surface area contributed by atoms with E-state index in [2.05, 4.69) is 49.2 Å². The second-order valence-corrected chi connectivity index (χ2v) is 16.1. The number of ether oxygens (including phenoxy) is 1. The van der Waals surface area contributed by atoms with Crippen LogP contribution in [0.5, 0.6) is 0 Å². The van der Waals surface area contributed by atoms with E-state index in [9.17, 15) is 21.6 Å². The zero-order chi connectivity index (χ0) is 26.5. The number of hydrogen-bond acceptors (Lipinski definition) is 5. The number of rotatable bonds is 8. The third kappa shape index (κ3) is 6.77. The molecule has 0 N–H and O–H groups in total. The highest BCUT2D eigenvalue weighted by Gasteiger charge is 2.51. The van der Waals surface area contributed by atoms with Gasteiger partial charge in [-0.3, -0.25) is 4.18 Å². The first-order chi connectivity index (χ1) is 16.9. The Balaban J connectivity index is 1.85. The predicted molar refractivity (Wildman–Crippen MR) is 136 cm³/mol. The van der Waals surface area contributed by atoms with E-state index < -0.39 is 42.8 Å². The summed E-state index contributed by atoms with van der Waals surface area (Å²) in [6.45, 7) is 6.07. The van der Waals surface area contributed by atoms with Gasteiger partial charge in [0.1, 0.15) is 0 Å². The minimum atomic E-state index is -5.67. The first kappa shape index (κ1) is 28.8. The predicted octanol–water partition coefficient (Wildman–Crippen LogP) is 5.15. The van der Waals surface area contributed by atoms with Crippen LogP contribution in [0.1, 0.15) is 52.9 Å². The Kier molecular flexibility index (Phi) is 9.43. The zero-order valence-electron chi connectivity index (χ0n) is 21.0. The van der Waals surface area contributed by atoms with Gasteiger partial charge in [-0.1, -0.05) is 101 Å². The fraction of sp³-hybridized carbons (Fsp3) is 0.538. The lowest BCUT2D eigenvalue weighted by Gasteiger charge is -2.44. The van der Waals surface area contributed by atoms with Crippen LogP contribution >= 0.6 is 0 Å². The molecule has 0 bridgehead atoms. The van der Waals surface area contributed by atoms with Crippen molar-refractivity contribution >= 4 is 28.8 Å². The Morgan fingerprint density at radius 3 is 1.75 bits per heavy atom. The van der Waals surface area contributed by atoms with E-state index in [4.69, 9.17) is 9.16 Å². The van der Waals surface area contributed by atoms with Gasteiger partial charge in [-0.2, -0.15) is 21.6 Å². The van der Waals surface area contributed by atoms with Crippen LogP contribution in [0.15, 0.2) is 60.7 Å². The average molecular weight is 545 g/mol. The Morgan fingerprint density at radius 2 is 1.31 bits per heavy atom. The Morgan fingerprint density at radius 1 is 0.833 bits per heavy atom. The van der Waals surface area contributed by atoms with E-state index in [0.29, 0.717) is 12.8 Å². The maximum absolute atomic E-state index is 12.7. The van der Waals surface area contributed by atoms with Crippen molar-refractivity contribution in [3.8, 4) is 0 Å². The van der Waals surface area contributed by atoms with Crippen LogP contribution in [0.3, 0.4) is 0 Å². The maximum Gasteiger partial charge on any atom is 0.523 e. The number of hydrogen-bond donors (Lipinski definition) is 0. The summed E-state index contributed by atoms with van der Waals surface area (Å²) in [5.41, 5.74) is -5.46. The number of alkyl halides is 3. The molecule has 0 radical (unpaired) electrons.